The van der Waals surface area contributed by atoms with Crippen molar-refractivity contribution in [2.45, 2.75) is 12.8 Å². The maximum Gasteiger partial charge on any atom is 0.293 e. The van der Waals surface area contributed by atoms with Crippen molar-refractivity contribution < 1.29 is 8.94 Å². The molecular weight excluding hydrogens is 264 g/mol. The summed E-state index contributed by atoms with van der Waals surface area (Å²) in [6, 6.07) is 11.5. The number of alkyl halides is 1. The first kappa shape index (κ1) is 12.0. The third-order valence-electron chi connectivity index (χ3n) is 2.74. The van der Waals surface area contributed by atoms with E-state index in [0.29, 0.717) is 29.1 Å². The van der Waals surface area contributed by atoms with Gasteiger partial charge in [0.05, 0.1) is 5.88 Å². The van der Waals surface area contributed by atoms with E-state index in [4.69, 9.17) is 20.5 Å². The van der Waals surface area contributed by atoms with Gasteiger partial charge in [0, 0.05) is 5.56 Å². The molecular formula is C14H11ClN2O2. The largest absolute Gasteiger partial charge is 0.455 e. The number of furan rings is 1. The van der Waals surface area contributed by atoms with Crippen LogP contribution in [0.25, 0.3) is 23.0 Å². The summed E-state index contributed by atoms with van der Waals surface area (Å²) in [5.74, 6) is 2.41. The van der Waals surface area contributed by atoms with Gasteiger partial charge in [-0.1, -0.05) is 35.0 Å². The number of hydrogen-bond acceptors (Lipinski definition) is 4. The molecule has 2 heterocycles. The zero-order valence-electron chi connectivity index (χ0n) is 10.3. The maximum atomic E-state index is 5.68. The smallest absolute Gasteiger partial charge is 0.293 e. The highest BCUT2D eigenvalue weighted by Gasteiger charge is 2.13. The molecule has 0 unspecified atom stereocenters. The molecule has 0 bridgehead atoms. The zero-order valence-corrected chi connectivity index (χ0v) is 11.0. The van der Waals surface area contributed by atoms with Gasteiger partial charge < -0.3 is 8.94 Å². The molecule has 4 nitrogen and oxygen atoms in total. The lowest BCUT2D eigenvalue weighted by Crippen LogP contribution is -1.81. The Hall–Kier alpha value is -2.07. The molecule has 0 atom stereocenters. The molecule has 0 saturated heterocycles. The Balaban J connectivity index is 1.92. The summed E-state index contributed by atoms with van der Waals surface area (Å²) < 4.78 is 10.7. The Morgan fingerprint density at radius 3 is 2.58 bits per heavy atom. The first-order valence-electron chi connectivity index (χ1n) is 5.82. The number of aromatic nitrogens is 2. The Morgan fingerprint density at radius 1 is 1.11 bits per heavy atom. The van der Waals surface area contributed by atoms with E-state index in [1.54, 1.807) is 12.1 Å². The summed E-state index contributed by atoms with van der Waals surface area (Å²) in [7, 11) is 0. The minimum atomic E-state index is 0.318. The molecule has 19 heavy (non-hydrogen) atoms. The summed E-state index contributed by atoms with van der Waals surface area (Å²) in [5, 5.41) is 3.95. The van der Waals surface area contributed by atoms with Crippen LogP contribution in [0.2, 0.25) is 0 Å². The Kier molecular flexibility index (Phi) is 3.09. The van der Waals surface area contributed by atoms with Gasteiger partial charge in [0.1, 0.15) is 5.76 Å². The van der Waals surface area contributed by atoms with E-state index < -0.39 is 0 Å². The van der Waals surface area contributed by atoms with Crippen LogP contribution < -0.4 is 0 Å². The van der Waals surface area contributed by atoms with Crippen LogP contribution in [0.4, 0.5) is 0 Å². The number of benzene rings is 1. The summed E-state index contributed by atoms with van der Waals surface area (Å²) in [6.07, 6.45) is 0. The van der Waals surface area contributed by atoms with Gasteiger partial charge in [-0.2, -0.15) is 4.98 Å². The molecule has 0 N–H and O–H groups in total. The Morgan fingerprint density at radius 2 is 1.89 bits per heavy atom. The lowest BCUT2D eigenvalue weighted by atomic mass is 10.1. The van der Waals surface area contributed by atoms with Gasteiger partial charge in [0.25, 0.3) is 5.89 Å². The molecule has 3 rings (SSSR count). The van der Waals surface area contributed by atoms with Crippen LogP contribution in [0.3, 0.4) is 0 Å². The second-order valence-electron chi connectivity index (χ2n) is 4.19. The third-order valence-corrected chi connectivity index (χ3v) is 3.00. The molecule has 96 valence electrons. The molecule has 0 fully saturated rings. The molecule has 0 saturated carbocycles. The van der Waals surface area contributed by atoms with Crippen LogP contribution in [-0.2, 0) is 5.88 Å². The van der Waals surface area contributed by atoms with Crippen LogP contribution in [0.5, 0.6) is 0 Å². The van der Waals surface area contributed by atoms with Crippen LogP contribution in [0, 0.1) is 6.92 Å². The zero-order chi connectivity index (χ0) is 13.2. The standard InChI is InChI=1S/C14H11ClN2O2/c1-9-2-4-10(5-3-9)13-16-14(19-17-13)12-7-6-11(8-15)18-12/h2-7H,8H2,1H3. The number of aryl methyl sites for hydroxylation is 1. The van der Waals surface area contributed by atoms with Crippen molar-refractivity contribution in [2.75, 3.05) is 0 Å². The first-order chi connectivity index (χ1) is 9.26. The normalized spacial score (nSPS) is 10.8. The SMILES string of the molecule is Cc1ccc(-c2noc(-c3ccc(CCl)o3)n2)cc1. The molecule has 0 radical (unpaired) electrons. The lowest BCUT2D eigenvalue weighted by Gasteiger charge is -1.94. The van der Waals surface area contributed by atoms with Crippen molar-refractivity contribution in [1.82, 2.24) is 10.1 Å². The number of halogens is 1. The first-order valence-corrected chi connectivity index (χ1v) is 6.35. The maximum absolute atomic E-state index is 5.68. The summed E-state index contributed by atoms with van der Waals surface area (Å²) in [5.41, 5.74) is 2.09. The van der Waals surface area contributed by atoms with E-state index in [-0.39, 0.29) is 0 Å². The van der Waals surface area contributed by atoms with Crippen molar-refractivity contribution in [3.8, 4) is 23.0 Å². The minimum Gasteiger partial charge on any atom is -0.455 e. The molecule has 1 aromatic carbocycles. The Labute approximate surface area is 115 Å². The number of nitrogens with zero attached hydrogens (tertiary/aromatic N) is 2. The van der Waals surface area contributed by atoms with E-state index >= 15 is 0 Å². The average molecular weight is 275 g/mol. The van der Waals surface area contributed by atoms with E-state index in [1.807, 2.05) is 31.2 Å². The van der Waals surface area contributed by atoms with Crippen LogP contribution in [0.15, 0.2) is 45.3 Å². The van der Waals surface area contributed by atoms with E-state index in [0.717, 1.165) is 5.56 Å². The molecule has 5 heteroatoms. The number of rotatable bonds is 3. The van der Waals surface area contributed by atoms with Crippen molar-refractivity contribution >= 4 is 11.6 Å². The van der Waals surface area contributed by atoms with E-state index in [2.05, 4.69) is 10.1 Å². The Bertz CT molecular complexity index is 686. The van der Waals surface area contributed by atoms with Crippen molar-refractivity contribution in [1.29, 1.82) is 0 Å². The highest BCUT2D eigenvalue weighted by atomic mass is 35.5. The van der Waals surface area contributed by atoms with Crippen LogP contribution in [-0.4, -0.2) is 10.1 Å². The van der Waals surface area contributed by atoms with Gasteiger partial charge in [-0.05, 0) is 19.1 Å². The van der Waals surface area contributed by atoms with Crippen LogP contribution >= 0.6 is 11.6 Å². The molecule has 2 aromatic heterocycles. The summed E-state index contributed by atoms with van der Waals surface area (Å²) in [4.78, 5) is 4.31. The second-order valence-corrected chi connectivity index (χ2v) is 4.46. The molecule has 0 aliphatic heterocycles. The van der Waals surface area contributed by atoms with Crippen molar-refractivity contribution in [3.05, 3.63) is 47.7 Å². The molecule has 0 amide bonds. The quantitative estimate of drug-likeness (QED) is 0.676. The van der Waals surface area contributed by atoms with Gasteiger partial charge in [-0.3, -0.25) is 0 Å². The highest BCUT2D eigenvalue weighted by molar-refractivity contribution is 6.16. The molecule has 0 spiro atoms. The van der Waals surface area contributed by atoms with Gasteiger partial charge >= 0.3 is 0 Å². The van der Waals surface area contributed by atoms with Crippen molar-refractivity contribution in [3.63, 3.8) is 0 Å². The molecule has 3 aromatic rings. The monoisotopic (exact) mass is 274 g/mol. The topological polar surface area (TPSA) is 52.1 Å². The summed E-state index contributed by atoms with van der Waals surface area (Å²) in [6.45, 7) is 2.03. The second kappa shape index (κ2) is 4.90. The molecule has 0 aliphatic rings. The third kappa shape index (κ3) is 2.39. The average Bonchev–Trinajstić information content (AvgIpc) is 3.08. The van der Waals surface area contributed by atoms with E-state index in [9.17, 15) is 0 Å². The fourth-order valence-corrected chi connectivity index (χ4v) is 1.85. The minimum absolute atomic E-state index is 0.318. The predicted octanol–water partition coefficient (Wildman–Crippen LogP) is 4.04. The van der Waals surface area contributed by atoms with Gasteiger partial charge in [0.15, 0.2) is 5.76 Å². The van der Waals surface area contributed by atoms with E-state index in [1.165, 1.54) is 5.56 Å². The van der Waals surface area contributed by atoms with Gasteiger partial charge in [-0.15, -0.1) is 11.6 Å². The van der Waals surface area contributed by atoms with Crippen molar-refractivity contribution in [2.24, 2.45) is 0 Å². The number of hydrogen-bond donors (Lipinski definition) is 0. The van der Waals surface area contributed by atoms with Gasteiger partial charge in [0.2, 0.25) is 5.82 Å². The lowest BCUT2D eigenvalue weighted by molar-refractivity contribution is 0.413. The fraction of sp³-hybridized carbons (Fsp3) is 0.143. The molecule has 0 aliphatic carbocycles. The summed E-state index contributed by atoms with van der Waals surface area (Å²) >= 11 is 5.68. The highest BCUT2D eigenvalue weighted by Crippen LogP contribution is 2.24. The van der Waals surface area contributed by atoms with Gasteiger partial charge in [-0.25, -0.2) is 0 Å². The van der Waals surface area contributed by atoms with Crippen LogP contribution in [0.1, 0.15) is 11.3 Å². The fourth-order valence-electron chi connectivity index (χ4n) is 1.71. The predicted molar refractivity (Wildman–Crippen MR) is 71.7 cm³/mol.